The number of alkyl halides is 3. The summed E-state index contributed by atoms with van der Waals surface area (Å²) in [6, 6.07) is 18.2. The number of benzene rings is 3. The van der Waals surface area contributed by atoms with Gasteiger partial charge in [0.1, 0.15) is 0 Å². The predicted molar refractivity (Wildman–Crippen MR) is 145 cm³/mol. The van der Waals surface area contributed by atoms with Gasteiger partial charge in [-0.05, 0) is 29.8 Å². The van der Waals surface area contributed by atoms with Crippen molar-refractivity contribution in [2.45, 2.75) is 25.7 Å². The number of aryl methyl sites for hydroxylation is 1. The van der Waals surface area contributed by atoms with Gasteiger partial charge < -0.3 is 24.1 Å². The Morgan fingerprint density at radius 2 is 1.58 bits per heavy atom. The minimum absolute atomic E-state index is 0.0300. The lowest BCUT2D eigenvalue weighted by Crippen LogP contribution is -2.44. The molecule has 0 spiro atoms. The van der Waals surface area contributed by atoms with E-state index < -0.39 is 29.7 Å². The number of nitrogens with one attached hydrogen (secondary N) is 1. The van der Waals surface area contributed by atoms with Crippen LogP contribution in [0.1, 0.15) is 27.5 Å². The summed E-state index contributed by atoms with van der Waals surface area (Å²) in [6.07, 6.45) is -4.54. The highest BCUT2D eigenvalue weighted by Crippen LogP contribution is 2.34. The lowest BCUT2D eigenvalue weighted by atomic mass is 10.1. The molecule has 0 fully saturated rings. The number of carboxylic acid groups (broad SMARTS) is 1. The number of rotatable bonds is 10. The second-order valence-corrected chi connectivity index (χ2v) is 9.35. The summed E-state index contributed by atoms with van der Waals surface area (Å²) in [5, 5.41) is 16.0. The fourth-order valence-corrected chi connectivity index (χ4v) is 4.05. The summed E-state index contributed by atoms with van der Waals surface area (Å²) >= 11 is 0. The van der Waals surface area contributed by atoms with Gasteiger partial charge >= 0.3 is 12.1 Å². The van der Waals surface area contributed by atoms with Crippen molar-refractivity contribution < 1.29 is 41.5 Å². The Kier molecular flexibility index (Phi) is 8.34. The third-order valence-corrected chi connectivity index (χ3v) is 6.23. The Hall–Kier alpha value is -5.30. The Morgan fingerprint density at radius 1 is 0.930 bits per heavy atom. The van der Waals surface area contributed by atoms with Gasteiger partial charge in [-0.25, -0.2) is 9.78 Å². The molecule has 1 unspecified atom stereocenters. The van der Waals surface area contributed by atoms with Crippen molar-refractivity contribution in [3.63, 3.8) is 0 Å². The van der Waals surface area contributed by atoms with Crippen LogP contribution in [0.25, 0.3) is 34.2 Å². The fourth-order valence-electron chi connectivity index (χ4n) is 4.05. The van der Waals surface area contributed by atoms with Gasteiger partial charge in [-0.2, -0.15) is 18.2 Å². The highest BCUT2D eigenvalue weighted by atomic mass is 19.4. The third-order valence-electron chi connectivity index (χ3n) is 6.23. The van der Waals surface area contributed by atoms with E-state index in [-0.39, 0.29) is 36.1 Å². The predicted octanol–water partition coefficient (Wildman–Crippen LogP) is 5.79. The Balaban J connectivity index is 1.43. The molecule has 2 heterocycles. The molecular formula is C30H23F3N4O6. The minimum atomic E-state index is -4.54. The second kappa shape index (κ2) is 12.3. The number of aromatic nitrogens is 3. The van der Waals surface area contributed by atoms with Crippen LogP contribution in [-0.4, -0.2) is 44.8 Å². The smallest absolute Gasteiger partial charge is 0.416 e. The number of amides is 1. The average Bonchev–Trinajstić information content (AvgIpc) is 3.64. The molecule has 2 N–H and O–H groups in total. The van der Waals surface area contributed by atoms with Crippen molar-refractivity contribution >= 4 is 11.9 Å². The van der Waals surface area contributed by atoms with Gasteiger partial charge in [0.15, 0.2) is 17.5 Å². The molecule has 5 aromatic rings. The fraction of sp³-hybridized carbons (Fsp3) is 0.167. The van der Waals surface area contributed by atoms with Crippen molar-refractivity contribution in [3.8, 4) is 34.2 Å². The van der Waals surface area contributed by atoms with Gasteiger partial charge in [-0.3, -0.25) is 4.79 Å². The number of oxazole rings is 1. The number of halogens is 3. The largest absolute Gasteiger partial charge is 0.480 e. The first-order valence-corrected chi connectivity index (χ1v) is 12.8. The Bertz CT molecular complexity index is 1720. The summed E-state index contributed by atoms with van der Waals surface area (Å²) in [6.45, 7) is 1.43. The Labute approximate surface area is 242 Å². The molecule has 10 nitrogen and oxygen atoms in total. The molecule has 0 radical (unpaired) electrons. The van der Waals surface area contributed by atoms with Crippen LogP contribution in [0.2, 0.25) is 0 Å². The van der Waals surface area contributed by atoms with Crippen LogP contribution in [0.15, 0.2) is 87.8 Å². The van der Waals surface area contributed by atoms with Gasteiger partial charge in [-0.1, -0.05) is 59.8 Å². The number of aliphatic carboxylic acids is 1. The zero-order valence-corrected chi connectivity index (χ0v) is 22.5. The van der Waals surface area contributed by atoms with Gasteiger partial charge in [0.05, 0.1) is 18.8 Å². The van der Waals surface area contributed by atoms with Gasteiger partial charge in [-0.15, -0.1) is 0 Å². The summed E-state index contributed by atoms with van der Waals surface area (Å²) < 4.78 is 55.6. The monoisotopic (exact) mass is 592 g/mol. The standard InChI is InChI=1S/C30H23F3N4O6/c1-17-34-26(37-43-17)20-9-7-19(8-10-20)25-24(36-28(42-25)21-11-13-22(14-12-21)30(31,32)33)27(38)35-23(29(39)40)16-41-15-18-5-3-2-4-6-18/h2-14,23H,15-16H2,1H3,(H,35,38)(H,39,40). The number of carbonyl (C=O) groups is 2. The number of nitrogens with zero attached hydrogens (tertiary/aromatic N) is 3. The van der Waals surface area contributed by atoms with Crippen LogP contribution in [-0.2, 0) is 22.3 Å². The first-order chi connectivity index (χ1) is 20.6. The zero-order chi connectivity index (χ0) is 30.6. The van der Waals surface area contributed by atoms with E-state index in [4.69, 9.17) is 13.7 Å². The van der Waals surface area contributed by atoms with Crippen molar-refractivity contribution in [1.29, 1.82) is 0 Å². The van der Waals surface area contributed by atoms with E-state index in [9.17, 15) is 27.9 Å². The molecule has 1 amide bonds. The molecule has 1 atom stereocenters. The SMILES string of the molecule is Cc1nc(-c2ccc(-c3oc(-c4ccc(C(F)(F)F)cc4)nc3C(=O)NC(COCc3ccccc3)C(=O)O)cc2)no1. The topological polar surface area (TPSA) is 141 Å². The van der Waals surface area contributed by atoms with Gasteiger partial charge in [0.25, 0.3) is 5.91 Å². The van der Waals surface area contributed by atoms with Crippen LogP contribution in [0.4, 0.5) is 13.2 Å². The molecule has 0 aliphatic heterocycles. The first kappa shape index (κ1) is 29.2. The molecule has 0 saturated heterocycles. The molecule has 13 heteroatoms. The number of ether oxygens (including phenoxy) is 1. The van der Waals surface area contributed by atoms with Crippen molar-refractivity contribution in [1.82, 2.24) is 20.4 Å². The van der Waals surface area contributed by atoms with Gasteiger partial charge in [0, 0.05) is 23.6 Å². The maximum Gasteiger partial charge on any atom is 0.416 e. The average molecular weight is 593 g/mol. The molecule has 5 rings (SSSR count). The number of carboxylic acids is 1. The lowest BCUT2D eigenvalue weighted by molar-refractivity contribution is -0.141. The van der Waals surface area contributed by atoms with E-state index in [2.05, 4.69) is 20.4 Å². The summed E-state index contributed by atoms with van der Waals surface area (Å²) in [5.41, 5.74) is 0.841. The van der Waals surface area contributed by atoms with Crippen LogP contribution in [0.3, 0.4) is 0 Å². The maximum absolute atomic E-state index is 13.4. The van der Waals surface area contributed by atoms with Crippen molar-refractivity contribution in [3.05, 3.63) is 102 Å². The molecule has 0 saturated carbocycles. The van der Waals surface area contributed by atoms with E-state index in [1.807, 2.05) is 30.3 Å². The van der Waals surface area contributed by atoms with Crippen molar-refractivity contribution in [2.24, 2.45) is 0 Å². The zero-order valence-electron chi connectivity index (χ0n) is 22.5. The normalized spacial score (nSPS) is 12.2. The van der Waals surface area contributed by atoms with Crippen LogP contribution in [0.5, 0.6) is 0 Å². The molecule has 3 aromatic carbocycles. The maximum atomic E-state index is 13.4. The van der Waals surface area contributed by atoms with E-state index in [0.29, 0.717) is 22.8 Å². The third kappa shape index (κ3) is 6.96. The van der Waals surface area contributed by atoms with Crippen LogP contribution < -0.4 is 5.32 Å². The molecule has 0 bridgehead atoms. The molecular weight excluding hydrogens is 569 g/mol. The lowest BCUT2D eigenvalue weighted by Gasteiger charge is -2.14. The summed E-state index contributed by atoms with van der Waals surface area (Å²) in [5.74, 6) is -1.68. The van der Waals surface area contributed by atoms with E-state index in [1.165, 1.54) is 12.1 Å². The molecule has 43 heavy (non-hydrogen) atoms. The first-order valence-electron chi connectivity index (χ1n) is 12.8. The number of carbonyl (C=O) groups excluding carboxylic acids is 1. The summed E-state index contributed by atoms with van der Waals surface area (Å²) in [4.78, 5) is 33.7. The molecule has 2 aromatic heterocycles. The highest BCUT2D eigenvalue weighted by molar-refractivity contribution is 6.00. The van der Waals surface area contributed by atoms with E-state index >= 15 is 0 Å². The molecule has 0 aliphatic rings. The van der Waals surface area contributed by atoms with E-state index in [0.717, 1.165) is 17.7 Å². The minimum Gasteiger partial charge on any atom is -0.480 e. The molecule has 220 valence electrons. The quantitative estimate of drug-likeness (QED) is 0.206. The van der Waals surface area contributed by atoms with E-state index in [1.54, 1.807) is 31.2 Å². The van der Waals surface area contributed by atoms with Crippen LogP contribution >= 0.6 is 0 Å². The summed E-state index contributed by atoms with van der Waals surface area (Å²) in [7, 11) is 0. The second-order valence-electron chi connectivity index (χ2n) is 9.35. The molecule has 0 aliphatic carbocycles. The highest BCUT2D eigenvalue weighted by Gasteiger charge is 2.31. The number of hydrogen-bond donors (Lipinski definition) is 2. The van der Waals surface area contributed by atoms with Crippen molar-refractivity contribution in [2.75, 3.05) is 6.61 Å². The van der Waals surface area contributed by atoms with Crippen LogP contribution in [0, 0.1) is 6.92 Å². The number of hydrogen-bond acceptors (Lipinski definition) is 8. The Morgan fingerprint density at radius 3 is 2.19 bits per heavy atom. The van der Waals surface area contributed by atoms with Gasteiger partial charge in [0.2, 0.25) is 17.6 Å².